The molecule has 1 aromatic rings. The van der Waals surface area contributed by atoms with Crippen molar-refractivity contribution in [2.75, 3.05) is 11.9 Å². The average molecular weight is 225 g/mol. The molecule has 0 aromatic carbocycles. The van der Waals surface area contributed by atoms with E-state index in [9.17, 15) is 4.79 Å². The van der Waals surface area contributed by atoms with Gasteiger partial charge in [0.1, 0.15) is 0 Å². The first-order chi connectivity index (χ1) is 7.79. The zero-order valence-electron chi connectivity index (χ0n) is 8.98. The van der Waals surface area contributed by atoms with E-state index in [0.717, 1.165) is 12.8 Å². The topological polar surface area (TPSA) is 88.2 Å². The van der Waals surface area contributed by atoms with Gasteiger partial charge in [-0.2, -0.15) is 0 Å². The molecule has 1 heterocycles. The van der Waals surface area contributed by atoms with E-state index in [0.29, 0.717) is 31.1 Å². The predicted molar refractivity (Wildman–Crippen MR) is 55.8 cm³/mol. The van der Waals surface area contributed by atoms with Gasteiger partial charge in [-0.1, -0.05) is 5.10 Å². The van der Waals surface area contributed by atoms with E-state index in [4.69, 9.17) is 9.52 Å². The minimum absolute atomic E-state index is 0.111. The van der Waals surface area contributed by atoms with E-state index in [-0.39, 0.29) is 18.5 Å². The highest BCUT2D eigenvalue weighted by Crippen LogP contribution is 2.39. The number of aliphatic hydroxyl groups excluding tert-OH is 1. The molecule has 0 atom stereocenters. The number of nitrogens with zero attached hydrogens (tertiary/aromatic N) is 2. The van der Waals surface area contributed by atoms with Crippen molar-refractivity contribution in [1.29, 1.82) is 0 Å². The summed E-state index contributed by atoms with van der Waals surface area (Å²) >= 11 is 0. The minimum atomic E-state index is -0.153. The molecule has 1 saturated carbocycles. The zero-order chi connectivity index (χ0) is 11.4. The Kier molecular flexibility index (Phi) is 3.51. The minimum Gasteiger partial charge on any atom is -0.408 e. The molecule has 0 spiro atoms. The van der Waals surface area contributed by atoms with Crippen molar-refractivity contribution in [1.82, 2.24) is 10.2 Å². The fourth-order valence-electron chi connectivity index (χ4n) is 1.36. The van der Waals surface area contributed by atoms with Crippen LogP contribution >= 0.6 is 0 Å². The number of aromatic nitrogens is 2. The molecule has 1 amide bonds. The van der Waals surface area contributed by atoms with Crippen LogP contribution in [0.3, 0.4) is 0 Å². The van der Waals surface area contributed by atoms with Crippen molar-refractivity contribution in [3.63, 3.8) is 0 Å². The number of hydrogen-bond acceptors (Lipinski definition) is 5. The lowest BCUT2D eigenvalue weighted by Gasteiger charge is -1.98. The smallest absolute Gasteiger partial charge is 0.322 e. The highest BCUT2D eigenvalue weighted by atomic mass is 16.4. The van der Waals surface area contributed by atoms with E-state index in [1.165, 1.54) is 0 Å². The quantitative estimate of drug-likeness (QED) is 0.706. The maximum atomic E-state index is 11.4. The molecule has 0 unspecified atom stereocenters. The summed E-state index contributed by atoms with van der Waals surface area (Å²) in [5.41, 5.74) is 0. The Balaban J connectivity index is 1.76. The molecule has 2 N–H and O–H groups in total. The van der Waals surface area contributed by atoms with Gasteiger partial charge >= 0.3 is 6.01 Å². The van der Waals surface area contributed by atoms with Gasteiger partial charge in [0.2, 0.25) is 11.8 Å². The summed E-state index contributed by atoms with van der Waals surface area (Å²) in [6, 6.07) is 0.177. The molecule has 1 aliphatic carbocycles. The van der Waals surface area contributed by atoms with E-state index in [2.05, 4.69) is 15.5 Å². The lowest BCUT2D eigenvalue weighted by Crippen LogP contribution is -2.11. The van der Waals surface area contributed by atoms with Crippen LogP contribution in [0.5, 0.6) is 0 Å². The Morgan fingerprint density at radius 1 is 1.44 bits per heavy atom. The molecule has 6 heteroatoms. The highest BCUT2D eigenvalue weighted by molar-refractivity contribution is 5.88. The van der Waals surface area contributed by atoms with Gasteiger partial charge in [-0.15, -0.1) is 5.10 Å². The molecule has 16 heavy (non-hydrogen) atoms. The van der Waals surface area contributed by atoms with Crippen LogP contribution in [0.15, 0.2) is 4.42 Å². The van der Waals surface area contributed by atoms with Crippen LogP contribution in [0.1, 0.15) is 43.9 Å². The third-order valence-corrected chi connectivity index (χ3v) is 2.43. The molecule has 1 fully saturated rings. The van der Waals surface area contributed by atoms with Crippen LogP contribution in [0.2, 0.25) is 0 Å². The van der Waals surface area contributed by atoms with Crippen LogP contribution < -0.4 is 5.32 Å². The van der Waals surface area contributed by atoms with Gasteiger partial charge in [0.15, 0.2) is 0 Å². The van der Waals surface area contributed by atoms with E-state index in [1.54, 1.807) is 0 Å². The summed E-state index contributed by atoms with van der Waals surface area (Å²) in [7, 11) is 0. The first-order valence-corrected chi connectivity index (χ1v) is 5.53. The number of unbranched alkanes of at least 4 members (excludes halogenated alkanes) is 1. The number of hydrogen-bond donors (Lipinski definition) is 2. The third kappa shape index (κ3) is 3.03. The fraction of sp³-hybridized carbons (Fsp3) is 0.700. The Morgan fingerprint density at radius 3 is 2.94 bits per heavy atom. The molecule has 88 valence electrons. The molecule has 0 bridgehead atoms. The van der Waals surface area contributed by atoms with Crippen molar-refractivity contribution in [3.05, 3.63) is 5.89 Å². The van der Waals surface area contributed by atoms with Gasteiger partial charge in [-0.25, -0.2) is 0 Å². The largest absolute Gasteiger partial charge is 0.408 e. The second kappa shape index (κ2) is 5.07. The first kappa shape index (κ1) is 11.1. The number of nitrogens with one attached hydrogen (secondary N) is 1. The van der Waals surface area contributed by atoms with E-state index in [1.807, 2.05) is 0 Å². The van der Waals surface area contributed by atoms with Gasteiger partial charge in [0, 0.05) is 18.9 Å². The van der Waals surface area contributed by atoms with Gasteiger partial charge in [-0.3, -0.25) is 10.1 Å². The van der Waals surface area contributed by atoms with Gasteiger partial charge in [-0.05, 0) is 25.7 Å². The van der Waals surface area contributed by atoms with Crippen molar-refractivity contribution < 1.29 is 14.3 Å². The zero-order valence-corrected chi connectivity index (χ0v) is 8.98. The van der Waals surface area contributed by atoms with Gasteiger partial charge < -0.3 is 9.52 Å². The number of anilines is 1. The molecule has 1 aromatic heterocycles. The third-order valence-electron chi connectivity index (χ3n) is 2.43. The lowest BCUT2D eigenvalue weighted by molar-refractivity contribution is -0.116. The molecule has 0 radical (unpaired) electrons. The van der Waals surface area contributed by atoms with Gasteiger partial charge in [0.05, 0.1) is 0 Å². The number of rotatable bonds is 6. The number of amides is 1. The maximum absolute atomic E-state index is 11.4. The number of carbonyl (C=O) groups is 1. The van der Waals surface area contributed by atoms with Crippen LogP contribution in [-0.4, -0.2) is 27.8 Å². The Bertz CT molecular complexity index is 360. The maximum Gasteiger partial charge on any atom is 0.322 e. The van der Waals surface area contributed by atoms with Crippen LogP contribution in [0.25, 0.3) is 0 Å². The van der Waals surface area contributed by atoms with Crippen molar-refractivity contribution in [3.8, 4) is 0 Å². The average Bonchev–Trinajstić information content (AvgIpc) is 3.01. The fourth-order valence-corrected chi connectivity index (χ4v) is 1.36. The standard InChI is InChI=1S/C10H15N3O3/c14-6-2-1-3-8(15)11-10-13-12-9(16-10)7-4-5-7/h7,14H,1-6H2,(H,11,13,15). The van der Waals surface area contributed by atoms with Crippen LogP contribution in [0, 0.1) is 0 Å². The summed E-state index contributed by atoms with van der Waals surface area (Å²) in [4.78, 5) is 11.4. The first-order valence-electron chi connectivity index (χ1n) is 5.53. The molecule has 0 saturated heterocycles. The summed E-state index contributed by atoms with van der Waals surface area (Å²) in [6.07, 6.45) is 3.83. The summed E-state index contributed by atoms with van der Waals surface area (Å²) in [6.45, 7) is 0.111. The Labute approximate surface area is 93.1 Å². The van der Waals surface area contributed by atoms with Crippen LogP contribution in [0.4, 0.5) is 6.01 Å². The van der Waals surface area contributed by atoms with Crippen molar-refractivity contribution in [2.45, 2.75) is 38.0 Å². The Hall–Kier alpha value is -1.43. The van der Waals surface area contributed by atoms with Crippen molar-refractivity contribution >= 4 is 11.9 Å². The number of aliphatic hydroxyl groups is 1. The lowest BCUT2D eigenvalue weighted by atomic mass is 10.2. The van der Waals surface area contributed by atoms with Gasteiger partial charge in [0.25, 0.3) is 0 Å². The summed E-state index contributed by atoms with van der Waals surface area (Å²) in [5, 5.41) is 18.7. The highest BCUT2D eigenvalue weighted by Gasteiger charge is 2.29. The summed E-state index contributed by atoms with van der Waals surface area (Å²) < 4.78 is 5.28. The second-order valence-electron chi connectivity index (χ2n) is 3.95. The molecule has 1 aliphatic rings. The summed E-state index contributed by atoms with van der Waals surface area (Å²) in [5.74, 6) is 0.859. The SMILES string of the molecule is O=C(CCCCO)Nc1nnc(C2CC2)o1. The second-order valence-corrected chi connectivity index (χ2v) is 3.95. The monoisotopic (exact) mass is 225 g/mol. The molecular formula is C10H15N3O3. The molecular weight excluding hydrogens is 210 g/mol. The molecule has 2 rings (SSSR count). The van der Waals surface area contributed by atoms with E-state index < -0.39 is 0 Å². The normalized spacial score (nSPS) is 15.1. The van der Waals surface area contributed by atoms with Crippen LogP contribution in [-0.2, 0) is 4.79 Å². The predicted octanol–water partition coefficient (Wildman–Crippen LogP) is 1.05. The molecule has 0 aliphatic heterocycles. The Morgan fingerprint density at radius 2 is 2.25 bits per heavy atom. The molecule has 6 nitrogen and oxygen atoms in total. The van der Waals surface area contributed by atoms with Crippen molar-refractivity contribution in [2.24, 2.45) is 0 Å². The van der Waals surface area contributed by atoms with E-state index >= 15 is 0 Å². The number of carbonyl (C=O) groups excluding carboxylic acids is 1.